The zero-order valence-corrected chi connectivity index (χ0v) is 47.8. The molecule has 0 bridgehead atoms. The molecule has 0 aliphatic rings. The molecule has 1 amide bonds. The Bertz CT molecular complexity index is 1430. The standard InChI is InChI=1S/C62H113N2O6P/c1-6-8-10-12-14-16-18-20-22-24-26-28-29-30-31-32-33-34-36-37-39-41-43-45-47-49-51-53-55-61(65)60(59-70-71(67,68)69-58-57-64(3,4)5)63-62(66)56-54-52-50-48-46-44-42-40-38-35-27-25-23-21-19-17-15-13-11-9-7-2/h9,11,15,17,21,23,27,35,37,39,45,47,53,55,60-61,65H,6-8,10,12-14,16,18-20,22,24-26,28-34,36,38,40-44,46,48-52,54,56-59H2,1-5H3,(H-,63,66,67,68)/p+1/b11-9-,17-15-,23-21-,35-27-,39-37+,47-45+,55-53+. The largest absolute Gasteiger partial charge is 0.472 e. The van der Waals surface area contributed by atoms with Gasteiger partial charge in [0.1, 0.15) is 13.2 Å². The molecule has 0 aliphatic carbocycles. The molecule has 0 saturated carbocycles. The summed E-state index contributed by atoms with van der Waals surface area (Å²) in [5.74, 6) is -0.201. The van der Waals surface area contributed by atoms with Gasteiger partial charge in [0.25, 0.3) is 0 Å². The number of nitrogens with zero attached hydrogens (tertiary/aromatic N) is 1. The van der Waals surface area contributed by atoms with Crippen LogP contribution in [0.2, 0.25) is 0 Å². The van der Waals surface area contributed by atoms with Crippen LogP contribution in [0.4, 0.5) is 0 Å². The third-order valence-electron chi connectivity index (χ3n) is 12.8. The lowest BCUT2D eigenvalue weighted by molar-refractivity contribution is -0.870. The van der Waals surface area contributed by atoms with Crippen molar-refractivity contribution in [2.24, 2.45) is 0 Å². The van der Waals surface area contributed by atoms with Crippen molar-refractivity contribution in [2.45, 2.75) is 264 Å². The molecule has 0 saturated heterocycles. The van der Waals surface area contributed by atoms with Gasteiger partial charge >= 0.3 is 7.82 Å². The van der Waals surface area contributed by atoms with E-state index in [9.17, 15) is 19.4 Å². The average Bonchev–Trinajstić information content (AvgIpc) is 3.33. The molecule has 8 nitrogen and oxygen atoms in total. The highest BCUT2D eigenvalue weighted by Gasteiger charge is 2.27. The summed E-state index contributed by atoms with van der Waals surface area (Å²) in [5, 5.41) is 13.9. The second-order valence-corrected chi connectivity index (χ2v) is 22.4. The first-order valence-electron chi connectivity index (χ1n) is 29.5. The Morgan fingerprint density at radius 1 is 0.493 bits per heavy atom. The number of aliphatic hydroxyl groups excluding tert-OH is 1. The van der Waals surface area contributed by atoms with Gasteiger partial charge in [0, 0.05) is 6.42 Å². The summed E-state index contributed by atoms with van der Waals surface area (Å²) in [6, 6.07) is -0.880. The van der Waals surface area contributed by atoms with Crippen LogP contribution >= 0.6 is 7.82 Å². The van der Waals surface area contributed by atoms with Gasteiger partial charge in [-0.3, -0.25) is 13.8 Å². The van der Waals surface area contributed by atoms with E-state index in [1.165, 1.54) is 148 Å². The predicted octanol–water partition coefficient (Wildman–Crippen LogP) is 18.0. The zero-order valence-electron chi connectivity index (χ0n) is 46.9. The molecule has 0 fully saturated rings. The number of allylic oxidation sites excluding steroid dienone is 13. The SMILES string of the molecule is CC/C=C\C/C=C\C/C=C\C/C=C\CCCCCCCCCCC(=O)NC(COP(=O)(O)OCC[N+](C)(C)C)C(O)/C=C/CC/C=C/CC/C=C/CCCCCCCCCCCCCCCCCCCC. The van der Waals surface area contributed by atoms with Crippen molar-refractivity contribution in [1.82, 2.24) is 5.32 Å². The number of quaternary nitrogens is 1. The second-order valence-electron chi connectivity index (χ2n) is 21.0. The predicted molar refractivity (Wildman–Crippen MR) is 309 cm³/mol. The van der Waals surface area contributed by atoms with Gasteiger partial charge in [-0.2, -0.15) is 0 Å². The van der Waals surface area contributed by atoms with Crippen LogP contribution in [-0.4, -0.2) is 73.4 Å². The van der Waals surface area contributed by atoms with E-state index in [4.69, 9.17) is 9.05 Å². The number of unbranched alkanes of at least 4 members (excludes halogenated alkanes) is 28. The minimum Gasteiger partial charge on any atom is -0.387 e. The van der Waals surface area contributed by atoms with Crippen molar-refractivity contribution < 1.29 is 32.9 Å². The maximum atomic E-state index is 13.0. The van der Waals surface area contributed by atoms with Crippen molar-refractivity contribution >= 4 is 13.7 Å². The van der Waals surface area contributed by atoms with Gasteiger partial charge in [0.15, 0.2) is 0 Å². The van der Waals surface area contributed by atoms with Crippen LogP contribution in [0.15, 0.2) is 85.1 Å². The van der Waals surface area contributed by atoms with Crippen molar-refractivity contribution in [2.75, 3.05) is 40.9 Å². The topological polar surface area (TPSA) is 105 Å². The van der Waals surface area contributed by atoms with Crippen LogP contribution in [0.3, 0.4) is 0 Å². The van der Waals surface area contributed by atoms with E-state index in [0.29, 0.717) is 17.4 Å². The fraction of sp³-hybridized carbons (Fsp3) is 0.758. The van der Waals surface area contributed by atoms with E-state index in [1.54, 1.807) is 6.08 Å². The van der Waals surface area contributed by atoms with Gasteiger partial charge in [0.2, 0.25) is 5.91 Å². The maximum Gasteiger partial charge on any atom is 0.472 e. The molecule has 0 spiro atoms. The van der Waals surface area contributed by atoms with E-state index in [2.05, 4.69) is 92.1 Å². The number of carbonyl (C=O) groups is 1. The minimum atomic E-state index is -4.37. The van der Waals surface area contributed by atoms with Gasteiger partial charge in [-0.15, -0.1) is 0 Å². The van der Waals surface area contributed by atoms with E-state index in [0.717, 1.165) is 83.5 Å². The number of carbonyl (C=O) groups excluding carboxylic acids is 1. The molecule has 0 aromatic rings. The molecule has 412 valence electrons. The molecule has 0 heterocycles. The second kappa shape index (κ2) is 52.5. The maximum absolute atomic E-state index is 13.0. The normalized spacial score (nSPS) is 14.5. The Labute approximate surface area is 439 Å². The fourth-order valence-electron chi connectivity index (χ4n) is 8.24. The molecule has 0 rings (SSSR count). The number of rotatable bonds is 53. The van der Waals surface area contributed by atoms with Gasteiger partial charge < -0.3 is 19.8 Å². The third-order valence-corrected chi connectivity index (χ3v) is 13.8. The lowest BCUT2D eigenvalue weighted by Crippen LogP contribution is -2.45. The molecule has 9 heteroatoms. The molecular weight excluding hydrogens is 900 g/mol. The number of hydrogen-bond donors (Lipinski definition) is 3. The van der Waals surface area contributed by atoms with Gasteiger partial charge in [0.05, 0.1) is 39.9 Å². The summed E-state index contributed by atoms with van der Waals surface area (Å²) in [6.45, 7) is 4.68. The Morgan fingerprint density at radius 2 is 0.859 bits per heavy atom. The first-order valence-corrected chi connectivity index (χ1v) is 31.0. The van der Waals surface area contributed by atoms with Gasteiger partial charge in [-0.25, -0.2) is 4.57 Å². The van der Waals surface area contributed by atoms with Gasteiger partial charge in [-0.05, 0) is 83.5 Å². The molecule has 0 aliphatic heterocycles. The molecule has 71 heavy (non-hydrogen) atoms. The number of phosphoric ester groups is 1. The fourth-order valence-corrected chi connectivity index (χ4v) is 8.98. The molecule has 3 N–H and O–H groups in total. The molecular formula is C62H114N2O6P+. The number of phosphoric acid groups is 1. The Morgan fingerprint density at radius 3 is 1.30 bits per heavy atom. The lowest BCUT2D eigenvalue weighted by atomic mass is 10.0. The van der Waals surface area contributed by atoms with Crippen LogP contribution < -0.4 is 5.32 Å². The smallest absolute Gasteiger partial charge is 0.387 e. The number of amides is 1. The molecule has 0 aromatic heterocycles. The summed E-state index contributed by atoms with van der Waals surface area (Å²) in [4.78, 5) is 23.3. The minimum absolute atomic E-state index is 0.0478. The monoisotopic (exact) mass is 1010 g/mol. The average molecular weight is 1010 g/mol. The van der Waals surface area contributed by atoms with Crippen molar-refractivity contribution in [3.05, 3.63) is 85.1 Å². The summed E-state index contributed by atoms with van der Waals surface area (Å²) < 4.78 is 23.7. The Hall–Kier alpha value is -2.32. The van der Waals surface area contributed by atoms with E-state index in [1.807, 2.05) is 27.2 Å². The Kier molecular flexibility index (Phi) is 50.8. The van der Waals surface area contributed by atoms with Crippen LogP contribution in [0.25, 0.3) is 0 Å². The molecule has 3 atom stereocenters. The summed E-state index contributed by atoms with van der Waals surface area (Å²) in [5.41, 5.74) is 0. The van der Waals surface area contributed by atoms with Crippen LogP contribution in [0, 0.1) is 0 Å². The number of nitrogens with one attached hydrogen (secondary N) is 1. The van der Waals surface area contributed by atoms with Crippen molar-refractivity contribution in [3.63, 3.8) is 0 Å². The van der Waals surface area contributed by atoms with Crippen molar-refractivity contribution in [1.29, 1.82) is 0 Å². The zero-order chi connectivity index (χ0) is 52.0. The van der Waals surface area contributed by atoms with Crippen LogP contribution in [-0.2, 0) is 18.4 Å². The first kappa shape index (κ1) is 68.7. The quantitative estimate of drug-likeness (QED) is 0.0243. The first-order chi connectivity index (χ1) is 34.5. The molecule has 3 unspecified atom stereocenters. The number of hydrogen-bond acceptors (Lipinski definition) is 5. The van der Waals surface area contributed by atoms with E-state index >= 15 is 0 Å². The van der Waals surface area contributed by atoms with E-state index in [-0.39, 0.29) is 19.1 Å². The Balaban J connectivity index is 4.29. The highest BCUT2D eigenvalue weighted by atomic mass is 31.2. The van der Waals surface area contributed by atoms with E-state index < -0.39 is 20.0 Å². The van der Waals surface area contributed by atoms with Crippen molar-refractivity contribution in [3.8, 4) is 0 Å². The van der Waals surface area contributed by atoms with Crippen LogP contribution in [0.5, 0.6) is 0 Å². The highest BCUT2D eigenvalue weighted by molar-refractivity contribution is 7.47. The number of likely N-dealkylation sites (N-methyl/N-ethyl adjacent to an activating group) is 1. The highest BCUT2D eigenvalue weighted by Crippen LogP contribution is 2.43. The summed E-state index contributed by atoms with van der Waals surface area (Å²) >= 11 is 0. The summed E-state index contributed by atoms with van der Waals surface area (Å²) in [6.07, 6.45) is 74.1. The molecule has 0 aromatic carbocycles. The lowest BCUT2D eigenvalue weighted by Gasteiger charge is -2.25. The number of aliphatic hydroxyl groups is 1. The third kappa shape index (κ3) is 55.3. The summed E-state index contributed by atoms with van der Waals surface area (Å²) in [7, 11) is 1.53. The van der Waals surface area contributed by atoms with Crippen LogP contribution in [0.1, 0.15) is 251 Å². The van der Waals surface area contributed by atoms with Gasteiger partial charge in [-0.1, -0.05) is 247 Å². The molecule has 0 radical (unpaired) electrons.